The lowest BCUT2D eigenvalue weighted by atomic mass is 9.96. The van der Waals surface area contributed by atoms with Gasteiger partial charge < -0.3 is 34.3 Å². The molecule has 0 aromatic heterocycles. The minimum absolute atomic E-state index is 0.341. The van der Waals surface area contributed by atoms with E-state index in [1.807, 2.05) is 0 Å². The summed E-state index contributed by atoms with van der Waals surface area (Å²) in [7, 11) is 4.71. The summed E-state index contributed by atoms with van der Waals surface area (Å²) in [6.45, 7) is -1.88. The van der Waals surface area contributed by atoms with E-state index in [4.69, 9.17) is 15.3 Å². The van der Waals surface area contributed by atoms with Gasteiger partial charge in [-0.15, -0.1) is 0 Å². The van der Waals surface area contributed by atoms with Gasteiger partial charge in [0.25, 0.3) is 0 Å². The lowest BCUT2D eigenvalue weighted by molar-refractivity contribution is -0.355. The number of aliphatic hydroxyl groups excluding tert-OH is 3. The molecule has 166 valence electrons. The smallest absolute Gasteiger partial charge is 0.377 e. The Labute approximate surface area is 152 Å². The molecule has 2 atom stereocenters. The first-order valence-electron chi connectivity index (χ1n) is 7.41. The van der Waals surface area contributed by atoms with Crippen molar-refractivity contribution in [2.75, 3.05) is 54.9 Å². The quantitative estimate of drug-likeness (QED) is 0.397. The Morgan fingerprint density at radius 1 is 0.593 bits per heavy atom. The Balaban J connectivity index is 0. The summed E-state index contributed by atoms with van der Waals surface area (Å²) >= 11 is 0. The van der Waals surface area contributed by atoms with Crippen molar-refractivity contribution < 1.29 is 60.6 Å². The molecular formula is C14H26F6O7. The van der Waals surface area contributed by atoms with Crippen LogP contribution in [0.3, 0.4) is 0 Å². The van der Waals surface area contributed by atoms with Gasteiger partial charge >= 0.3 is 17.8 Å². The van der Waals surface area contributed by atoms with Gasteiger partial charge in [-0.3, -0.25) is 0 Å². The Hall–Kier alpha value is -0.700. The third-order valence-corrected chi connectivity index (χ3v) is 3.04. The maximum absolute atomic E-state index is 13.2. The summed E-state index contributed by atoms with van der Waals surface area (Å²) in [5.41, 5.74) is 0. The zero-order valence-electron chi connectivity index (χ0n) is 15.3. The molecule has 0 aromatic carbocycles. The van der Waals surface area contributed by atoms with Crippen LogP contribution in [-0.2, 0) is 18.9 Å². The van der Waals surface area contributed by atoms with Gasteiger partial charge in [0, 0.05) is 28.4 Å². The number of methoxy groups -OCH3 is 4. The monoisotopic (exact) mass is 420 g/mol. The van der Waals surface area contributed by atoms with Gasteiger partial charge in [-0.1, -0.05) is 0 Å². The van der Waals surface area contributed by atoms with Gasteiger partial charge in [0.15, 0.2) is 0 Å². The number of hydrogen-bond acceptors (Lipinski definition) is 7. The third-order valence-electron chi connectivity index (χ3n) is 3.04. The minimum Gasteiger partial charge on any atom is -0.388 e. The minimum atomic E-state index is -5.99. The van der Waals surface area contributed by atoms with E-state index in [1.165, 1.54) is 0 Å². The highest BCUT2D eigenvalue weighted by molar-refractivity contribution is 5.03. The Morgan fingerprint density at radius 3 is 1.07 bits per heavy atom. The van der Waals surface area contributed by atoms with Gasteiger partial charge in [0.05, 0.1) is 26.4 Å². The largest absolute Gasteiger partial charge is 0.388 e. The zero-order chi connectivity index (χ0) is 21.9. The van der Waals surface area contributed by atoms with Crippen molar-refractivity contribution in [1.82, 2.24) is 0 Å². The first-order valence-corrected chi connectivity index (χ1v) is 7.41. The van der Waals surface area contributed by atoms with E-state index in [0.29, 0.717) is 13.2 Å². The first-order chi connectivity index (χ1) is 12.3. The van der Waals surface area contributed by atoms with Crippen LogP contribution < -0.4 is 0 Å². The van der Waals surface area contributed by atoms with Crippen molar-refractivity contribution in [2.45, 2.75) is 36.1 Å². The molecule has 0 aliphatic heterocycles. The standard InChI is InChI=1S/C9H14F6O4.C5H12O3/c1-18-3-5(16)7(10,11)9(14,15)8(12,13)6(17)4-19-2;1-7-3-5(6)4-8-2/h5-6,16-17H,3-4H2,1-2H3;5-6H,3-4H2,1-2H3. The van der Waals surface area contributed by atoms with Crippen LogP contribution in [0.1, 0.15) is 0 Å². The molecule has 0 bridgehead atoms. The number of ether oxygens (including phenoxy) is 4. The topological polar surface area (TPSA) is 97.6 Å². The molecule has 0 spiro atoms. The predicted octanol–water partition coefficient (Wildman–Crippen LogP) is 0.547. The van der Waals surface area contributed by atoms with Crippen molar-refractivity contribution >= 4 is 0 Å². The second-order valence-corrected chi connectivity index (χ2v) is 5.33. The maximum Gasteiger partial charge on any atom is 0.377 e. The molecule has 7 nitrogen and oxygen atoms in total. The second kappa shape index (κ2) is 12.7. The van der Waals surface area contributed by atoms with Crippen LogP contribution in [0, 0.1) is 0 Å². The first kappa shape index (κ1) is 28.5. The molecule has 0 aliphatic carbocycles. The third kappa shape index (κ3) is 8.05. The van der Waals surface area contributed by atoms with E-state index in [9.17, 15) is 26.3 Å². The summed E-state index contributed by atoms with van der Waals surface area (Å²) < 4.78 is 96.3. The van der Waals surface area contributed by atoms with E-state index in [2.05, 4.69) is 18.9 Å². The molecule has 13 heteroatoms. The van der Waals surface area contributed by atoms with Gasteiger partial charge in [0.2, 0.25) is 0 Å². The van der Waals surface area contributed by atoms with E-state index >= 15 is 0 Å². The number of rotatable bonds is 12. The number of alkyl halides is 6. The predicted molar refractivity (Wildman–Crippen MR) is 80.4 cm³/mol. The number of aliphatic hydroxyl groups is 3. The van der Waals surface area contributed by atoms with E-state index in [0.717, 1.165) is 14.2 Å². The summed E-state index contributed by atoms with van der Waals surface area (Å²) in [6.07, 6.45) is -6.80. The van der Waals surface area contributed by atoms with Gasteiger partial charge in [-0.05, 0) is 0 Å². The van der Waals surface area contributed by atoms with Gasteiger partial charge in [-0.2, -0.15) is 26.3 Å². The highest BCUT2D eigenvalue weighted by Crippen LogP contribution is 2.48. The maximum atomic E-state index is 13.2. The molecule has 0 saturated heterocycles. The second-order valence-electron chi connectivity index (χ2n) is 5.33. The average Bonchev–Trinajstić information content (AvgIpc) is 2.56. The van der Waals surface area contributed by atoms with Crippen LogP contribution in [0.25, 0.3) is 0 Å². The molecular weight excluding hydrogens is 394 g/mol. The lowest BCUT2D eigenvalue weighted by Crippen LogP contribution is -2.64. The summed E-state index contributed by atoms with van der Waals surface area (Å²) in [6, 6.07) is 0. The molecule has 2 unspecified atom stereocenters. The molecule has 0 saturated carbocycles. The van der Waals surface area contributed by atoms with E-state index in [1.54, 1.807) is 14.2 Å². The fraction of sp³-hybridized carbons (Fsp3) is 1.00. The molecule has 0 radical (unpaired) electrons. The zero-order valence-corrected chi connectivity index (χ0v) is 15.3. The van der Waals surface area contributed by atoms with Gasteiger partial charge in [-0.25, -0.2) is 0 Å². The summed E-state index contributed by atoms with van der Waals surface area (Å²) in [4.78, 5) is 0. The van der Waals surface area contributed by atoms with Crippen LogP contribution >= 0.6 is 0 Å². The highest BCUT2D eigenvalue weighted by atomic mass is 19.3. The lowest BCUT2D eigenvalue weighted by Gasteiger charge is -2.36. The van der Waals surface area contributed by atoms with E-state index < -0.39 is 49.3 Å². The van der Waals surface area contributed by atoms with Crippen LogP contribution in [0.5, 0.6) is 0 Å². The summed E-state index contributed by atoms with van der Waals surface area (Å²) in [5, 5.41) is 26.4. The van der Waals surface area contributed by atoms with Gasteiger partial charge in [0.1, 0.15) is 18.3 Å². The van der Waals surface area contributed by atoms with Crippen LogP contribution in [0.15, 0.2) is 0 Å². The molecule has 0 fully saturated rings. The highest BCUT2D eigenvalue weighted by Gasteiger charge is 2.76. The fourth-order valence-corrected chi connectivity index (χ4v) is 1.60. The van der Waals surface area contributed by atoms with E-state index in [-0.39, 0.29) is 0 Å². The van der Waals surface area contributed by atoms with Crippen molar-refractivity contribution in [3.63, 3.8) is 0 Å². The Morgan fingerprint density at radius 2 is 0.852 bits per heavy atom. The molecule has 0 amide bonds. The molecule has 0 aliphatic rings. The molecule has 3 N–H and O–H groups in total. The summed E-state index contributed by atoms with van der Waals surface area (Å²) in [5.74, 6) is -17.0. The number of halogens is 6. The Bertz CT molecular complexity index is 355. The SMILES string of the molecule is COCC(O)C(F)(F)C(F)(F)C(F)(F)C(O)COC.COCC(O)COC. The Kier molecular flexibility index (Phi) is 13.4. The van der Waals surface area contributed by atoms with Crippen molar-refractivity contribution in [3.05, 3.63) is 0 Å². The van der Waals surface area contributed by atoms with Crippen LogP contribution in [0.2, 0.25) is 0 Å². The van der Waals surface area contributed by atoms with Crippen LogP contribution in [-0.4, -0.2) is 106 Å². The molecule has 0 rings (SSSR count). The van der Waals surface area contributed by atoms with Crippen molar-refractivity contribution in [2.24, 2.45) is 0 Å². The molecule has 0 heterocycles. The fourth-order valence-electron chi connectivity index (χ4n) is 1.60. The van der Waals surface area contributed by atoms with Crippen molar-refractivity contribution in [1.29, 1.82) is 0 Å². The van der Waals surface area contributed by atoms with Crippen LogP contribution in [0.4, 0.5) is 26.3 Å². The molecule has 27 heavy (non-hydrogen) atoms. The normalized spacial score (nSPS) is 15.3. The van der Waals surface area contributed by atoms with Crippen molar-refractivity contribution in [3.8, 4) is 0 Å². The number of hydrogen-bond donors (Lipinski definition) is 3. The average molecular weight is 420 g/mol. The molecule has 0 aromatic rings.